The van der Waals surface area contributed by atoms with Gasteiger partial charge in [0.05, 0.1) is 32.8 Å². The number of aromatic nitrogens is 2. The molecule has 1 aromatic heterocycles. The van der Waals surface area contributed by atoms with Gasteiger partial charge in [0, 0.05) is 25.5 Å². The molecule has 2 amide bonds. The number of ether oxygens (including phenoxy) is 1. The van der Waals surface area contributed by atoms with Gasteiger partial charge in [-0.15, -0.1) is 0 Å². The Kier molecular flexibility index (Phi) is 8.07. The molecular formula is C22H34N5O2+. The van der Waals surface area contributed by atoms with Crippen molar-refractivity contribution in [2.75, 3.05) is 45.9 Å². The molecule has 2 N–H and O–H groups in total. The summed E-state index contributed by atoms with van der Waals surface area (Å²) in [4.78, 5) is 20.7. The maximum Gasteiger partial charge on any atom is 0.318 e. The number of nitrogens with zero attached hydrogens (tertiary/aromatic N) is 3. The van der Waals surface area contributed by atoms with Gasteiger partial charge < -0.3 is 24.4 Å². The van der Waals surface area contributed by atoms with E-state index in [9.17, 15) is 4.79 Å². The number of hydrogen-bond acceptors (Lipinski definition) is 3. The first kappa shape index (κ1) is 21.3. The largest absolute Gasteiger partial charge is 0.370 e. The van der Waals surface area contributed by atoms with Gasteiger partial charge in [-0.05, 0) is 18.9 Å². The molecule has 7 heteroatoms. The smallest absolute Gasteiger partial charge is 0.318 e. The summed E-state index contributed by atoms with van der Waals surface area (Å²) in [5.41, 5.74) is 2.49. The van der Waals surface area contributed by atoms with Gasteiger partial charge in [0.25, 0.3) is 0 Å². The molecule has 0 aliphatic carbocycles. The maximum atomic E-state index is 12.8. The number of benzene rings is 1. The van der Waals surface area contributed by atoms with E-state index in [1.807, 2.05) is 17.3 Å². The van der Waals surface area contributed by atoms with Gasteiger partial charge in [-0.1, -0.05) is 36.8 Å². The highest BCUT2D eigenvalue weighted by atomic mass is 16.5. The van der Waals surface area contributed by atoms with E-state index in [-0.39, 0.29) is 6.03 Å². The number of hydrogen-bond donors (Lipinski definition) is 2. The second kappa shape index (κ2) is 11.0. The number of urea groups is 1. The van der Waals surface area contributed by atoms with Crippen LogP contribution in [0.25, 0.3) is 0 Å². The fourth-order valence-corrected chi connectivity index (χ4v) is 3.61. The van der Waals surface area contributed by atoms with E-state index in [2.05, 4.69) is 53.0 Å². The summed E-state index contributed by atoms with van der Waals surface area (Å²) in [5, 5.41) is 3.03. The molecule has 0 unspecified atom stereocenters. The van der Waals surface area contributed by atoms with Gasteiger partial charge in [-0.2, -0.15) is 0 Å². The van der Waals surface area contributed by atoms with Crippen LogP contribution in [0, 0.1) is 6.92 Å². The standard InChI is InChI=1S/C22H33N5O2/c1-3-7-24-22(28)27(11-10-25-12-14-29-15-13-25)18-21-23-8-9-26(21)17-20-6-4-5-19(2)16-20/h4-6,8-9,16H,3,7,10-15,17-18H2,1-2H3,(H,24,28)/p+1. The first-order valence-electron chi connectivity index (χ1n) is 10.7. The molecule has 0 bridgehead atoms. The van der Waals surface area contributed by atoms with Gasteiger partial charge in [0.15, 0.2) is 0 Å². The summed E-state index contributed by atoms with van der Waals surface area (Å²) < 4.78 is 7.58. The van der Waals surface area contributed by atoms with Crippen LogP contribution < -0.4 is 10.2 Å². The second-order valence-corrected chi connectivity index (χ2v) is 7.73. The van der Waals surface area contributed by atoms with Crippen molar-refractivity contribution >= 4 is 6.03 Å². The molecule has 1 saturated heterocycles. The summed E-state index contributed by atoms with van der Waals surface area (Å²) in [6.45, 7) is 11.4. The summed E-state index contributed by atoms with van der Waals surface area (Å²) in [5.74, 6) is 0.912. The van der Waals surface area contributed by atoms with Crippen molar-refractivity contribution in [3.63, 3.8) is 0 Å². The van der Waals surface area contributed by atoms with E-state index >= 15 is 0 Å². The Morgan fingerprint density at radius 3 is 2.93 bits per heavy atom. The third-order valence-corrected chi connectivity index (χ3v) is 5.32. The van der Waals surface area contributed by atoms with Crippen molar-refractivity contribution in [3.05, 3.63) is 53.6 Å². The lowest BCUT2D eigenvalue weighted by Crippen LogP contribution is -3.14. The number of carbonyl (C=O) groups excluding carboxylic acids is 1. The molecule has 2 heterocycles. The van der Waals surface area contributed by atoms with Crippen LogP contribution in [0.2, 0.25) is 0 Å². The first-order chi connectivity index (χ1) is 14.2. The zero-order valence-electron chi connectivity index (χ0n) is 17.7. The Labute approximate surface area is 173 Å². The Morgan fingerprint density at radius 2 is 2.17 bits per heavy atom. The van der Waals surface area contributed by atoms with E-state index in [1.54, 1.807) is 0 Å². The van der Waals surface area contributed by atoms with Crippen LogP contribution >= 0.6 is 0 Å². The number of quaternary nitrogens is 1. The first-order valence-corrected chi connectivity index (χ1v) is 10.7. The predicted molar refractivity (Wildman–Crippen MR) is 113 cm³/mol. The SMILES string of the molecule is CCCNC(=O)N(CC[NH+]1CCOCC1)Cc1nccn1Cc1cccc(C)c1. The number of nitrogens with one attached hydrogen (secondary N) is 2. The summed E-state index contributed by atoms with van der Waals surface area (Å²) >= 11 is 0. The molecule has 1 aromatic carbocycles. The number of carbonyl (C=O) groups is 1. The van der Waals surface area contributed by atoms with Gasteiger partial charge in [-0.25, -0.2) is 9.78 Å². The summed E-state index contributed by atoms with van der Waals surface area (Å²) in [7, 11) is 0. The number of morpholine rings is 1. The van der Waals surface area contributed by atoms with Crippen molar-refractivity contribution in [1.82, 2.24) is 19.8 Å². The molecule has 2 aromatic rings. The molecule has 0 spiro atoms. The molecule has 7 nitrogen and oxygen atoms in total. The Balaban J connectivity index is 1.66. The lowest BCUT2D eigenvalue weighted by atomic mass is 10.1. The lowest BCUT2D eigenvalue weighted by Gasteiger charge is -2.28. The fourth-order valence-electron chi connectivity index (χ4n) is 3.61. The lowest BCUT2D eigenvalue weighted by molar-refractivity contribution is -0.907. The molecule has 158 valence electrons. The Morgan fingerprint density at radius 1 is 1.34 bits per heavy atom. The zero-order chi connectivity index (χ0) is 20.5. The zero-order valence-corrected chi connectivity index (χ0v) is 17.7. The molecule has 1 aliphatic rings. The van der Waals surface area contributed by atoms with Gasteiger partial charge in [0.2, 0.25) is 0 Å². The van der Waals surface area contributed by atoms with Crippen LogP contribution in [0.4, 0.5) is 4.79 Å². The Hall–Kier alpha value is -2.38. The molecule has 29 heavy (non-hydrogen) atoms. The van der Waals surface area contributed by atoms with Crippen molar-refractivity contribution in [2.45, 2.75) is 33.4 Å². The van der Waals surface area contributed by atoms with E-state index in [4.69, 9.17) is 4.74 Å². The van der Waals surface area contributed by atoms with E-state index in [0.29, 0.717) is 19.6 Å². The van der Waals surface area contributed by atoms with E-state index in [0.717, 1.165) is 51.6 Å². The van der Waals surface area contributed by atoms with Crippen LogP contribution in [0.5, 0.6) is 0 Å². The topological polar surface area (TPSA) is 63.8 Å². The monoisotopic (exact) mass is 400 g/mol. The van der Waals surface area contributed by atoms with E-state index < -0.39 is 0 Å². The average molecular weight is 401 g/mol. The average Bonchev–Trinajstić information content (AvgIpc) is 3.16. The minimum absolute atomic E-state index is 0.00962. The molecule has 3 rings (SSSR count). The van der Waals surface area contributed by atoms with Crippen molar-refractivity contribution < 1.29 is 14.4 Å². The van der Waals surface area contributed by atoms with Crippen LogP contribution in [0.1, 0.15) is 30.3 Å². The van der Waals surface area contributed by atoms with Crippen molar-refractivity contribution in [3.8, 4) is 0 Å². The number of rotatable bonds is 9. The van der Waals surface area contributed by atoms with E-state index in [1.165, 1.54) is 16.0 Å². The third kappa shape index (κ3) is 6.58. The summed E-state index contributed by atoms with van der Waals surface area (Å²) in [6.07, 6.45) is 4.74. The molecule has 0 radical (unpaired) electrons. The van der Waals surface area contributed by atoms with Crippen molar-refractivity contribution in [2.24, 2.45) is 0 Å². The minimum Gasteiger partial charge on any atom is -0.370 e. The number of amides is 2. The number of aryl methyl sites for hydroxylation is 1. The summed E-state index contributed by atoms with van der Waals surface area (Å²) in [6, 6.07) is 8.49. The second-order valence-electron chi connectivity index (χ2n) is 7.73. The van der Waals surface area contributed by atoms with Gasteiger partial charge in [-0.3, -0.25) is 0 Å². The minimum atomic E-state index is -0.00962. The normalized spacial score (nSPS) is 14.7. The van der Waals surface area contributed by atoms with Gasteiger partial charge >= 0.3 is 6.03 Å². The van der Waals surface area contributed by atoms with Crippen LogP contribution in [-0.4, -0.2) is 66.4 Å². The number of imidazole rings is 1. The van der Waals surface area contributed by atoms with Crippen LogP contribution in [0.3, 0.4) is 0 Å². The highest BCUT2D eigenvalue weighted by Crippen LogP contribution is 2.10. The third-order valence-electron chi connectivity index (χ3n) is 5.32. The van der Waals surface area contributed by atoms with Crippen LogP contribution in [0.15, 0.2) is 36.7 Å². The molecule has 1 fully saturated rings. The highest BCUT2D eigenvalue weighted by molar-refractivity contribution is 5.74. The van der Waals surface area contributed by atoms with Gasteiger partial charge in [0.1, 0.15) is 18.9 Å². The molecule has 0 atom stereocenters. The maximum absolute atomic E-state index is 12.8. The molecule has 0 saturated carbocycles. The Bertz CT molecular complexity index is 770. The predicted octanol–water partition coefficient (Wildman–Crippen LogP) is 1.08. The quantitative estimate of drug-likeness (QED) is 0.662. The fraction of sp³-hybridized carbons (Fsp3) is 0.545. The van der Waals surface area contributed by atoms with Crippen molar-refractivity contribution in [1.29, 1.82) is 0 Å². The molecular weight excluding hydrogens is 366 g/mol. The molecule has 1 aliphatic heterocycles. The van der Waals surface area contributed by atoms with Crippen LogP contribution in [-0.2, 0) is 17.8 Å². The highest BCUT2D eigenvalue weighted by Gasteiger charge is 2.20.